The van der Waals surface area contributed by atoms with E-state index >= 15 is 0 Å². The van der Waals surface area contributed by atoms with Gasteiger partial charge in [-0.1, -0.05) is 26.2 Å². The van der Waals surface area contributed by atoms with E-state index in [1.807, 2.05) is 0 Å². The lowest BCUT2D eigenvalue weighted by Crippen LogP contribution is -2.31. The summed E-state index contributed by atoms with van der Waals surface area (Å²) >= 11 is 0. The van der Waals surface area contributed by atoms with Gasteiger partial charge in [-0.25, -0.2) is 0 Å². The van der Waals surface area contributed by atoms with E-state index in [1.54, 1.807) is 0 Å². The van der Waals surface area contributed by atoms with E-state index < -0.39 is 11.9 Å². The summed E-state index contributed by atoms with van der Waals surface area (Å²) in [5, 5.41) is 17.3. The third-order valence-electron chi connectivity index (χ3n) is 4.35. The van der Waals surface area contributed by atoms with Crippen LogP contribution in [0.1, 0.15) is 58.3 Å². The van der Waals surface area contributed by atoms with Gasteiger partial charge in [0.25, 0.3) is 0 Å². The molecule has 5 nitrogen and oxygen atoms in total. The number of rotatable bonds is 2. The molecular formula is C15H27NO4. The largest absolute Gasteiger partial charge is 0.481 e. The summed E-state index contributed by atoms with van der Waals surface area (Å²) in [5.74, 6) is -0.899. The van der Waals surface area contributed by atoms with Crippen LogP contribution in [0.2, 0.25) is 0 Å². The summed E-state index contributed by atoms with van der Waals surface area (Å²) in [5.41, 5.74) is 5.60. The Kier molecular flexibility index (Phi) is 6.99. The highest BCUT2D eigenvalue weighted by Gasteiger charge is 2.24. The molecule has 0 aromatic carbocycles. The molecule has 116 valence electrons. The first-order valence-corrected chi connectivity index (χ1v) is 7.61. The quantitative estimate of drug-likeness (QED) is 0.723. The fourth-order valence-electron chi connectivity index (χ4n) is 3.11. The summed E-state index contributed by atoms with van der Waals surface area (Å²) in [7, 11) is 0. The van der Waals surface area contributed by atoms with Gasteiger partial charge >= 0.3 is 11.9 Å². The lowest BCUT2D eigenvalue weighted by molar-refractivity contribution is -0.144. The average Bonchev–Trinajstić information content (AvgIpc) is 2.39. The van der Waals surface area contributed by atoms with E-state index in [1.165, 1.54) is 6.42 Å². The van der Waals surface area contributed by atoms with Crippen molar-refractivity contribution in [3.05, 3.63) is 0 Å². The average molecular weight is 285 g/mol. The fraction of sp³-hybridized carbons (Fsp3) is 0.867. The van der Waals surface area contributed by atoms with Crippen molar-refractivity contribution in [1.29, 1.82) is 0 Å². The normalized spacial score (nSPS) is 33.7. The Morgan fingerprint density at radius 3 is 1.75 bits per heavy atom. The van der Waals surface area contributed by atoms with Crippen LogP contribution in [0.3, 0.4) is 0 Å². The maximum absolute atomic E-state index is 10.5. The van der Waals surface area contributed by atoms with Crippen LogP contribution in [0.15, 0.2) is 0 Å². The topological polar surface area (TPSA) is 101 Å². The predicted molar refractivity (Wildman–Crippen MR) is 76.3 cm³/mol. The molecule has 0 aliphatic heterocycles. The van der Waals surface area contributed by atoms with Crippen molar-refractivity contribution in [2.75, 3.05) is 0 Å². The second-order valence-electron chi connectivity index (χ2n) is 6.27. The summed E-state index contributed by atoms with van der Waals surface area (Å²) in [6.45, 7) is 2.13. The van der Waals surface area contributed by atoms with Crippen LogP contribution in [0, 0.1) is 17.8 Å². The van der Waals surface area contributed by atoms with Gasteiger partial charge in [0.15, 0.2) is 0 Å². The zero-order valence-electron chi connectivity index (χ0n) is 12.3. The minimum Gasteiger partial charge on any atom is -0.481 e. The number of aliphatic carboxylic acids is 2. The lowest BCUT2D eigenvalue weighted by atomic mass is 9.83. The lowest BCUT2D eigenvalue weighted by Gasteiger charge is -2.22. The van der Waals surface area contributed by atoms with E-state index in [4.69, 9.17) is 15.9 Å². The smallest absolute Gasteiger partial charge is 0.306 e. The van der Waals surface area contributed by atoms with Crippen molar-refractivity contribution >= 4 is 11.9 Å². The fourth-order valence-corrected chi connectivity index (χ4v) is 3.11. The zero-order chi connectivity index (χ0) is 15.1. The predicted octanol–water partition coefficient (Wildman–Crippen LogP) is 2.49. The first-order valence-electron chi connectivity index (χ1n) is 7.61. The van der Waals surface area contributed by atoms with E-state index in [2.05, 4.69) is 6.92 Å². The monoisotopic (exact) mass is 285 g/mol. The highest BCUT2D eigenvalue weighted by Crippen LogP contribution is 2.28. The molecule has 0 bridgehead atoms. The van der Waals surface area contributed by atoms with Gasteiger partial charge < -0.3 is 15.9 Å². The van der Waals surface area contributed by atoms with Gasteiger partial charge in [-0.15, -0.1) is 0 Å². The first-order chi connectivity index (χ1) is 9.40. The highest BCUT2D eigenvalue weighted by atomic mass is 16.4. The molecule has 2 aliphatic carbocycles. The van der Waals surface area contributed by atoms with Crippen LogP contribution < -0.4 is 5.73 Å². The molecule has 0 saturated heterocycles. The van der Waals surface area contributed by atoms with Gasteiger partial charge in [-0.05, 0) is 38.0 Å². The van der Waals surface area contributed by atoms with E-state index in [0.717, 1.165) is 38.5 Å². The number of carboxylic acid groups (broad SMARTS) is 2. The maximum atomic E-state index is 10.5. The van der Waals surface area contributed by atoms with Crippen molar-refractivity contribution in [3.8, 4) is 0 Å². The number of nitrogens with two attached hydrogens (primary N) is 1. The summed E-state index contributed by atoms with van der Waals surface area (Å²) in [6, 6.07) is 0.120. The van der Waals surface area contributed by atoms with Crippen molar-refractivity contribution in [1.82, 2.24) is 0 Å². The van der Waals surface area contributed by atoms with Gasteiger partial charge in [0.1, 0.15) is 0 Å². The molecule has 0 aromatic heterocycles. The molecule has 0 aromatic rings. The second-order valence-corrected chi connectivity index (χ2v) is 6.27. The maximum Gasteiger partial charge on any atom is 0.306 e. The summed E-state index contributed by atoms with van der Waals surface area (Å²) < 4.78 is 0. The van der Waals surface area contributed by atoms with Gasteiger partial charge in [-0.2, -0.15) is 0 Å². The molecule has 4 N–H and O–H groups in total. The molecule has 0 radical (unpaired) electrons. The Labute approximate surface area is 120 Å². The number of carboxylic acids is 2. The van der Waals surface area contributed by atoms with Crippen LogP contribution in [0.4, 0.5) is 0 Å². The van der Waals surface area contributed by atoms with Crippen LogP contribution in [0.5, 0.6) is 0 Å². The number of hydrogen-bond donors (Lipinski definition) is 3. The molecule has 20 heavy (non-hydrogen) atoms. The van der Waals surface area contributed by atoms with Crippen molar-refractivity contribution in [2.45, 2.75) is 64.3 Å². The molecule has 0 spiro atoms. The van der Waals surface area contributed by atoms with Gasteiger partial charge in [0.2, 0.25) is 0 Å². The first kappa shape index (κ1) is 17.0. The van der Waals surface area contributed by atoms with Crippen LogP contribution in [0.25, 0.3) is 0 Å². The molecule has 5 heteroatoms. The van der Waals surface area contributed by atoms with Gasteiger partial charge in [0, 0.05) is 6.04 Å². The molecule has 4 unspecified atom stereocenters. The summed E-state index contributed by atoms with van der Waals surface area (Å²) in [6.07, 6.45) is 7.51. The van der Waals surface area contributed by atoms with Crippen LogP contribution >= 0.6 is 0 Å². The molecular weight excluding hydrogens is 258 g/mol. The Morgan fingerprint density at radius 1 is 0.900 bits per heavy atom. The highest BCUT2D eigenvalue weighted by molar-refractivity contribution is 5.70. The third-order valence-corrected chi connectivity index (χ3v) is 4.35. The van der Waals surface area contributed by atoms with E-state index in [9.17, 15) is 9.59 Å². The molecule has 2 aliphatic rings. The second kappa shape index (κ2) is 8.25. The van der Waals surface area contributed by atoms with Crippen molar-refractivity contribution < 1.29 is 19.8 Å². The molecule has 2 fully saturated rings. The van der Waals surface area contributed by atoms with Gasteiger partial charge in [0.05, 0.1) is 11.8 Å². The number of hydrogen-bond acceptors (Lipinski definition) is 3. The summed E-state index contributed by atoms with van der Waals surface area (Å²) in [4.78, 5) is 20.9. The van der Waals surface area contributed by atoms with Crippen molar-refractivity contribution in [3.63, 3.8) is 0 Å². The Balaban J connectivity index is 0.000000200. The SMILES string of the molecule is CC1CCCC(C(=O)O)C1.NC1CCCC(C(=O)O)C1. The Hall–Kier alpha value is -1.10. The molecule has 4 atom stereocenters. The molecule has 0 amide bonds. The number of carbonyl (C=O) groups is 2. The van der Waals surface area contributed by atoms with Crippen LogP contribution in [-0.2, 0) is 9.59 Å². The Bertz CT molecular complexity index is 300. The molecule has 2 rings (SSSR count). The minimum atomic E-state index is -0.685. The Morgan fingerprint density at radius 2 is 1.40 bits per heavy atom. The van der Waals surface area contributed by atoms with E-state index in [-0.39, 0.29) is 17.9 Å². The minimum absolute atomic E-state index is 0.0521. The van der Waals surface area contributed by atoms with Gasteiger partial charge in [-0.3, -0.25) is 9.59 Å². The standard InChI is InChI=1S/C8H14O2.C7H13NO2/c1-6-3-2-4-7(5-6)8(9)10;8-6-3-1-2-5(4-6)7(9)10/h6-7H,2-5H2,1H3,(H,9,10);5-6H,1-4,8H2,(H,9,10). The molecule has 0 heterocycles. The molecule has 2 saturated carbocycles. The van der Waals surface area contributed by atoms with Crippen molar-refractivity contribution in [2.24, 2.45) is 23.5 Å². The van der Waals surface area contributed by atoms with E-state index in [0.29, 0.717) is 12.3 Å². The van der Waals surface area contributed by atoms with Crippen LogP contribution in [-0.4, -0.2) is 28.2 Å². The third kappa shape index (κ3) is 5.90. The zero-order valence-corrected chi connectivity index (χ0v) is 12.3.